The quantitative estimate of drug-likeness (QED) is 0.465. The van der Waals surface area contributed by atoms with E-state index in [1.165, 1.54) is 38.5 Å². The van der Waals surface area contributed by atoms with Gasteiger partial charge in [0.05, 0.1) is 0 Å². The van der Waals surface area contributed by atoms with E-state index >= 15 is 0 Å². The number of unbranched alkanes of at least 4 members (excludes halogenated alkanes) is 4. The average molecular weight is 200 g/mol. The first-order valence-electron chi connectivity index (χ1n) is 6.68. The van der Waals surface area contributed by atoms with Gasteiger partial charge < -0.3 is 0 Å². The van der Waals surface area contributed by atoms with Gasteiger partial charge in [0.15, 0.2) is 0 Å². The fourth-order valence-corrected chi connectivity index (χ4v) is 1.40. The molecule has 0 amide bonds. The Bertz CT molecular complexity index is 84.0. The molecule has 0 fully saturated rings. The zero-order valence-electron chi connectivity index (χ0n) is 11.4. The van der Waals surface area contributed by atoms with Crippen LogP contribution < -0.4 is 0 Å². The zero-order valence-corrected chi connectivity index (χ0v) is 11.4. The van der Waals surface area contributed by atoms with Crippen LogP contribution in [-0.4, -0.2) is 0 Å². The summed E-state index contributed by atoms with van der Waals surface area (Å²) in [6.07, 6.45) is 8.56. The van der Waals surface area contributed by atoms with Gasteiger partial charge in [0.25, 0.3) is 0 Å². The summed E-state index contributed by atoms with van der Waals surface area (Å²) in [4.78, 5) is 0. The topological polar surface area (TPSA) is 0 Å². The Labute approximate surface area is 92.5 Å². The van der Waals surface area contributed by atoms with Gasteiger partial charge in [0.2, 0.25) is 0 Å². The molecule has 0 radical (unpaired) electrons. The average Bonchev–Trinajstić information content (AvgIpc) is 2.20. The van der Waals surface area contributed by atoms with Crippen molar-refractivity contribution in [2.75, 3.05) is 0 Å². The molecule has 0 rings (SSSR count). The first-order valence-corrected chi connectivity index (χ1v) is 6.68. The molecule has 1 atom stereocenters. The molecule has 0 bridgehead atoms. The van der Waals surface area contributed by atoms with Crippen molar-refractivity contribution in [1.82, 2.24) is 0 Å². The van der Waals surface area contributed by atoms with Crippen molar-refractivity contribution in [2.45, 2.75) is 80.1 Å². The van der Waals surface area contributed by atoms with Gasteiger partial charge in [0.1, 0.15) is 0 Å². The summed E-state index contributed by atoms with van der Waals surface area (Å²) in [5, 5.41) is 0. The second-order valence-corrected chi connectivity index (χ2v) is 4.42. The fraction of sp³-hybridized carbons (Fsp3) is 1.00. The molecule has 0 saturated carbocycles. The van der Waals surface area contributed by atoms with Gasteiger partial charge in [-0.05, 0) is 11.8 Å². The van der Waals surface area contributed by atoms with Gasteiger partial charge in [-0.15, -0.1) is 0 Å². The van der Waals surface area contributed by atoms with Crippen LogP contribution in [-0.2, 0) is 0 Å². The van der Waals surface area contributed by atoms with E-state index < -0.39 is 0 Å². The molecule has 0 aromatic heterocycles. The second-order valence-electron chi connectivity index (χ2n) is 4.42. The summed E-state index contributed by atoms with van der Waals surface area (Å²) in [6, 6.07) is 0. The third kappa shape index (κ3) is 12.0. The molecule has 0 N–H and O–H groups in total. The highest BCUT2D eigenvalue weighted by Gasteiger charge is 2.05. The number of hydrogen-bond donors (Lipinski definition) is 0. The lowest BCUT2D eigenvalue weighted by molar-refractivity contribution is 0.375. The molecule has 0 aromatic rings. The monoisotopic (exact) mass is 200 g/mol. The first kappa shape index (κ1) is 16.4. The molecule has 0 aliphatic heterocycles. The third-order valence-corrected chi connectivity index (χ3v) is 2.90. The second kappa shape index (κ2) is 13.0. The van der Waals surface area contributed by atoms with Crippen molar-refractivity contribution >= 4 is 0 Å². The maximum absolute atomic E-state index is 2.38. The van der Waals surface area contributed by atoms with E-state index in [1.807, 2.05) is 13.8 Å². The van der Waals surface area contributed by atoms with Gasteiger partial charge >= 0.3 is 0 Å². The molecular weight excluding hydrogens is 168 g/mol. The van der Waals surface area contributed by atoms with Crippen LogP contribution in [0.2, 0.25) is 0 Å². The lowest BCUT2D eigenvalue weighted by atomic mass is 9.92. The molecule has 0 unspecified atom stereocenters. The van der Waals surface area contributed by atoms with Crippen LogP contribution in [0.5, 0.6) is 0 Å². The van der Waals surface area contributed by atoms with Gasteiger partial charge in [-0.1, -0.05) is 80.1 Å². The number of hydrogen-bond acceptors (Lipinski definition) is 0. The van der Waals surface area contributed by atoms with E-state index in [0.717, 1.165) is 11.8 Å². The standard InChI is InChI=1S/C12H26.C2H6/c1-5-6-7-8-9-10-12(4)11(2)3;1-2/h11-12H,5-10H2,1-4H3;1-2H3/t12-;/m1./s1. The first-order chi connectivity index (χ1) is 6.68. The van der Waals surface area contributed by atoms with Crippen LogP contribution in [0.1, 0.15) is 80.1 Å². The molecule has 0 spiro atoms. The molecule has 0 heteroatoms. The Balaban J connectivity index is 0. The number of rotatable bonds is 7. The summed E-state index contributed by atoms with van der Waals surface area (Å²) in [5.41, 5.74) is 0. The summed E-state index contributed by atoms with van der Waals surface area (Å²) >= 11 is 0. The van der Waals surface area contributed by atoms with Crippen LogP contribution in [0.15, 0.2) is 0 Å². The molecule has 0 aliphatic rings. The van der Waals surface area contributed by atoms with E-state index in [9.17, 15) is 0 Å². The Kier molecular flexibility index (Phi) is 15.3. The van der Waals surface area contributed by atoms with Gasteiger partial charge in [-0.3, -0.25) is 0 Å². The van der Waals surface area contributed by atoms with Crippen LogP contribution in [0, 0.1) is 11.8 Å². The van der Waals surface area contributed by atoms with Crippen LogP contribution in [0.4, 0.5) is 0 Å². The SMILES string of the molecule is CC.CCCCCCC[C@@H](C)C(C)C. The van der Waals surface area contributed by atoms with Crippen molar-refractivity contribution < 1.29 is 0 Å². The van der Waals surface area contributed by atoms with E-state index in [2.05, 4.69) is 27.7 Å². The van der Waals surface area contributed by atoms with Crippen molar-refractivity contribution in [1.29, 1.82) is 0 Å². The highest BCUT2D eigenvalue weighted by Crippen LogP contribution is 2.18. The molecule has 0 heterocycles. The zero-order chi connectivity index (χ0) is 11.4. The Hall–Kier alpha value is 0. The lowest BCUT2D eigenvalue weighted by Gasteiger charge is -2.14. The summed E-state index contributed by atoms with van der Waals surface area (Å²) in [5.74, 6) is 1.79. The normalized spacial score (nSPS) is 12.2. The van der Waals surface area contributed by atoms with E-state index in [0.29, 0.717) is 0 Å². The highest BCUT2D eigenvalue weighted by molar-refractivity contribution is 4.57. The predicted octanol–water partition coefficient (Wildman–Crippen LogP) is 5.67. The van der Waals surface area contributed by atoms with Crippen molar-refractivity contribution in [3.8, 4) is 0 Å². The summed E-state index contributed by atoms with van der Waals surface area (Å²) < 4.78 is 0. The van der Waals surface area contributed by atoms with Crippen molar-refractivity contribution in [3.05, 3.63) is 0 Å². The highest BCUT2D eigenvalue weighted by atomic mass is 14.1. The van der Waals surface area contributed by atoms with Gasteiger partial charge in [-0.25, -0.2) is 0 Å². The maximum Gasteiger partial charge on any atom is -0.0420 e. The smallest absolute Gasteiger partial charge is 0.0420 e. The molecule has 14 heavy (non-hydrogen) atoms. The van der Waals surface area contributed by atoms with Crippen molar-refractivity contribution in [3.63, 3.8) is 0 Å². The van der Waals surface area contributed by atoms with E-state index in [-0.39, 0.29) is 0 Å². The minimum Gasteiger partial charge on any atom is -0.0683 e. The van der Waals surface area contributed by atoms with Gasteiger partial charge in [0, 0.05) is 0 Å². The summed E-state index contributed by atoms with van der Waals surface area (Å²) in [6.45, 7) is 13.3. The third-order valence-electron chi connectivity index (χ3n) is 2.90. The molecule has 0 aromatic carbocycles. The van der Waals surface area contributed by atoms with Crippen LogP contribution in [0.25, 0.3) is 0 Å². The molecule has 0 aliphatic carbocycles. The van der Waals surface area contributed by atoms with Gasteiger partial charge in [-0.2, -0.15) is 0 Å². The largest absolute Gasteiger partial charge is 0.0683 e. The molecule has 0 nitrogen and oxygen atoms in total. The summed E-state index contributed by atoms with van der Waals surface area (Å²) in [7, 11) is 0. The Morgan fingerprint density at radius 2 is 1.29 bits per heavy atom. The molecule has 88 valence electrons. The van der Waals surface area contributed by atoms with E-state index in [1.54, 1.807) is 0 Å². The minimum atomic E-state index is 0.871. The maximum atomic E-state index is 2.38. The van der Waals surface area contributed by atoms with Crippen molar-refractivity contribution in [2.24, 2.45) is 11.8 Å². The minimum absolute atomic E-state index is 0.871. The van der Waals surface area contributed by atoms with Crippen LogP contribution in [0.3, 0.4) is 0 Å². The van der Waals surface area contributed by atoms with Crippen LogP contribution >= 0.6 is 0 Å². The lowest BCUT2D eigenvalue weighted by Crippen LogP contribution is -2.03. The molecule has 0 saturated heterocycles. The Morgan fingerprint density at radius 1 is 0.786 bits per heavy atom. The Morgan fingerprint density at radius 3 is 1.71 bits per heavy atom. The van der Waals surface area contributed by atoms with E-state index in [4.69, 9.17) is 0 Å². The molecular formula is C14H32. The predicted molar refractivity (Wildman–Crippen MR) is 68.7 cm³/mol. The fourth-order valence-electron chi connectivity index (χ4n) is 1.40.